The van der Waals surface area contributed by atoms with Crippen molar-refractivity contribution in [3.63, 3.8) is 0 Å². The number of carboxylic acid groups (broad SMARTS) is 1. The van der Waals surface area contributed by atoms with Gasteiger partial charge < -0.3 is 10.0 Å². The van der Waals surface area contributed by atoms with Crippen molar-refractivity contribution < 1.29 is 23.1 Å². The number of carboxylic acids is 1. The zero-order valence-electron chi connectivity index (χ0n) is 23.2. The number of carbonyl (C=O) groups is 2. The highest BCUT2D eigenvalue weighted by atomic mass is 35.5. The summed E-state index contributed by atoms with van der Waals surface area (Å²) < 4.78 is 29.3. The second kappa shape index (κ2) is 12.5. The Bertz CT molecular complexity index is 1530. The summed E-state index contributed by atoms with van der Waals surface area (Å²) in [6.45, 7) is 5.24. The van der Waals surface area contributed by atoms with E-state index >= 15 is 0 Å². The number of halogens is 2. The predicted molar refractivity (Wildman–Crippen MR) is 161 cm³/mol. The van der Waals surface area contributed by atoms with Crippen LogP contribution < -0.4 is 4.72 Å². The van der Waals surface area contributed by atoms with Crippen LogP contribution in [0.3, 0.4) is 0 Å². The van der Waals surface area contributed by atoms with Crippen molar-refractivity contribution in [2.24, 2.45) is 5.41 Å². The molecule has 1 aliphatic heterocycles. The van der Waals surface area contributed by atoms with Gasteiger partial charge in [0.2, 0.25) is 15.9 Å². The van der Waals surface area contributed by atoms with Gasteiger partial charge in [0, 0.05) is 28.5 Å². The molecule has 0 saturated carbocycles. The molecule has 41 heavy (non-hydrogen) atoms. The first-order chi connectivity index (χ1) is 19.4. The Labute approximate surface area is 251 Å². The third kappa shape index (κ3) is 6.78. The largest absolute Gasteiger partial charge is 0.481 e. The number of piperidine rings is 1. The number of amides is 1. The maximum absolute atomic E-state index is 14.4. The summed E-state index contributed by atoms with van der Waals surface area (Å²) in [5, 5.41) is 10.9. The molecule has 0 radical (unpaired) electrons. The molecule has 0 aliphatic carbocycles. The summed E-state index contributed by atoms with van der Waals surface area (Å²) in [6.07, 6.45) is 0.337. The van der Waals surface area contributed by atoms with E-state index in [4.69, 9.17) is 23.2 Å². The summed E-state index contributed by atoms with van der Waals surface area (Å²) >= 11 is 12.6. The smallest absolute Gasteiger partial charge is 0.304 e. The van der Waals surface area contributed by atoms with Crippen LogP contribution >= 0.6 is 23.2 Å². The molecule has 0 unspecified atom stereocenters. The Morgan fingerprint density at radius 2 is 1.73 bits per heavy atom. The quantitative estimate of drug-likeness (QED) is 0.267. The monoisotopic (exact) mass is 616 g/mol. The topological polar surface area (TPSA) is 104 Å². The first-order valence-corrected chi connectivity index (χ1v) is 15.7. The highest BCUT2D eigenvalue weighted by Gasteiger charge is 2.52. The number of sulfonamides is 1. The van der Waals surface area contributed by atoms with Crippen LogP contribution in [0.2, 0.25) is 10.0 Å². The molecule has 3 aromatic rings. The van der Waals surface area contributed by atoms with Gasteiger partial charge in [-0.1, -0.05) is 79.5 Å². The second-order valence-electron chi connectivity index (χ2n) is 10.9. The third-order valence-corrected chi connectivity index (χ3v) is 9.96. The summed E-state index contributed by atoms with van der Waals surface area (Å²) in [5.74, 6) is -1.73. The van der Waals surface area contributed by atoms with Crippen LogP contribution in [0.25, 0.3) is 0 Å². The van der Waals surface area contributed by atoms with E-state index in [0.717, 1.165) is 11.1 Å². The fraction of sp³-hybridized carbons (Fsp3) is 0.355. The lowest BCUT2D eigenvalue weighted by molar-refractivity contribution is -0.160. The molecule has 1 fully saturated rings. The Hall–Kier alpha value is -2.91. The van der Waals surface area contributed by atoms with E-state index in [1.807, 2.05) is 37.3 Å². The summed E-state index contributed by atoms with van der Waals surface area (Å²) in [6, 6.07) is 20.2. The van der Waals surface area contributed by atoms with Crippen LogP contribution in [0.15, 0.2) is 77.7 Å². The van der Waals surface area contributed by atoms with Crippen molar-refractivity contribution in [1.29, 1.82) is 0 Å². The van der Waals surface area contributed by atoms with Crippen molar-refractivity contribution in [2.75, 3.05) is 6.54 Å². The van der Waals surface area contributed by atoms with Gasteiger partial charge in [-0.3, -0.25) is 9.59 Å². The molecule has 4 rings (SSSR count). The number of benzene rings is 3. The molecule has 1 amide bonds. The van der Waals surface area contributed by atoms with E-state index in [1.165, 1.54) is 0 Å². The third-order valence-electron chi connectivity index (χ3n) is 7.89. The zero-order valence-corrected chi connectivity index (χ0v) is 25.5. The standard InChI is InChI=1S/C31H34Cl2N2O5S/c1-4-25(19-34-41(39,40)27-11-6-5-8-20(27)2)35-29(21-12-14-23(32)15-13-21)26(22-9-7-10-24(33)16-22)17-31(3,30(35)38)18-28(36)37/h5-16,25-26,29,34H,4,17-19H2,1-3H3,(H,36,37)/t25-,26+,29+,31+/m0/s1. The minimum absolute atomic E-state index is 0.0472. The van der Waals surface area contributed by atoms with Crippen molar-refractivity contribution in [3.05, 3.63) is 99.5 Å². The highest BCUT2D eigenvalue weighted by Crippen LogP contribution is 2.52. The van der Waals surface area contributed by atoms with Gasteiger partial charge in [-0.05, 0) is 66.8 Å². The molecule has 1 saturated heterocycles. The Kier molecular flexibility index (Phi) is 9.49. The minimum atomic E-state index is -3.88. The Morgan fingerprint density at radius 1 is 1.05 bits per heavy atom. The van der Waals surface area contributed by atoms with Gasteiger partial charge in [0.25, 0.3) is 0 Å². The first kappa shape index (κ1) is 31.0. The molecule has 0 aromatic heterocycles. The lowest BCUT2D eigenvalue weighted by Crippen LogP contribution is -2.58. The van der Waals surface area contributed by atoms with E-state index in [0.29, 0.717) is 22.0 Å². The maximum atomic E-state index is 14.4. The fourth-order valence-corrected chi connectivity index (χ4v) is 7.50. The number of aliphatic carboxylic acids is 1. The number of nitrogens with one attached hydrogen (secondary N) is 1. The summed E-state index contributed by atoms with van der Waals surface area (Å²) in [5.41, 5.74) is 1.05. The number of carbonyl (C=O) groups excluding carboxylic acids is 1. The van der Waals surface area contributed by atoms with Gasteiger partial charge >= 0.3 is 5.97 Å². The summed E-state index contributed by atoms with van der Waals surface area (Å²) in [7, 11) is -3.88. The lowest BCUT2D eigenvalue weighted by Gasteiger charge is -2.52. The van der Waals surface area contributed by atoms with Crippen LogP contribution in [-0.4, -0.2) is 42.9 Å². The number of aryl methyl sites for hydroxylation is 1. The second-order valence-corrected chi connectivity index (χ2v) is 13.5. The predicted octanol–water partition coefficient (Wildman–Crippen LogP) is 6.60. The number of likely N-dealkylation sites (tertiary alicyclic amines) is 1. The maximum Gasteiger partial charge on any atom is 0.304 e. The number of rotatable bonds is 10. The van der Waals surface area contributed by atoms with E-state index in [1.54, 1.807) is 61.2 Å². The molecule has 0 bridgehead atoms. The normalized spacial score (nSPS) is 22.0. The number of hydrogen-bond donors (Lipinski definition) is 2. The molecular weight excluding hydrogens is 583 g/mol. The van der Waals surface area contributed by atoms with Gasteiger partial charge in [0.15, 0.2) is 0 Å². The molecule has 218 valence electrons. The van der Waals surface area contributed by atoms with E-state index in [-0.39, 0.29) is 36.1 Å². The summed E-state index contributed by atoms with van der Waals surface area (Å²) in [4.78, 5) is 28.2. The van der Waals surface area contributed by atoms with Crippen LogP contribution in [-0.2, 0) is 19.6 Å². The molecule has 10 heteroatoms. The first-order valence-electron chi connectivity index (χ1n) is 13.5. The van der Waals surface area contributed by atoms with Crippen LogP contribution in [0.5, 0.6) is 0 Å². The highest BCUT2D eigenvalue weighted by molar-refractivity contribution is 7.89. The Morgan fingerprint density at radius 3 is 2.34 bits per heavy atom. The van der Waals surface area contributed by atoms with Crippen LogP contribution in [0, 0.1) is 12.3 Å². The molecule has 3 aromatic carbocycles. The van der Waals surface area contributed by atoms with Crippen molar-refractivity contribution >= 4 is 45.1 Å². The molecule has 2 N–H and O–H groups in total. The lowest BCUT2D eigenvalue weighted by atomic mass is 9.67. The van der Waals surface area contributed by atoms with E-state index < -0.39 is 33.5 Å². The fourth-order valence-electron chi connectivity index (χ4n) is 5.86. The SMILES string of the molecule is CC[C@@H](CNS(=O)(=O)c1ccccc1C)N1C(=O)[C@@](C)(CC(=O)O)C[C@H](c2cccc(Cl)c2)[C@H]1c1ccc(Cl)cc1. The van der Waals surface area contributed by atoms with Crippen LogP contribution in [0.1, 0.15) is 61.8 Å². The molecule has 1 aliphatic rings. The number of nitrogens with zero attached hydrogens (tertiary/aromatic N) is 1. The molecule has 4 atom stereocenters. The van der Waals surface area contributed by atoms with E-state index in [2.05, 4.69) is 4.72 Å². The van der Waals surface area contributed by atoms with Gasteiger partial charge in [-0.2, -0.15) is 0 Å². The molecule has 1 heterocycles. The van der Waals surface area contributed by atoms with Gasteiger partial charge in [-0.15, -0.1) is 0 Å². The Balaban J connectivity index is 1.83. The van der Waals surface area contributed by atoms with Crippen molar-refractivity contribution in [3.8, 4) is 0 Å². The minimum Gasteiger partial charge on any atom is -0.481 e. The van der Waals surface area contributed by atoms with Gasteiger partial charge in [-0.25, -0.2) is 13.1 Å². The molecule has 7 nitrogen and oxygen atoms in total. The van der Waals surface area contributed by atoms with Crippen LogP contribution in [0.4, 0.5) is 0 Å². The number of hydrogen-bond acceptors (Lipinski definition) is 4. The van der Waals surface area contributed by atoms with Crippen molar-refractivity contribution in [1.82, 2.24) is 9.62 Å². The molecule has 0 spiro atoms. The van der Waals surface area contributed by atoms with Gasteiger partial charge in [0.05, 0.1) is 22.8 Å². The average Bonchev–Trinajstić information content (AvgIpc) is 2.91. The van der Waals surface area contributed by atoms with E-state index in [9.17, 15) is 23.1 Å². The van der Waals surface area contributed by atoms with Crippen molar-refractivity contribution in [2.45, 2.75) is 62.9 Å². The average molecular weight is 618 g/mol. The zero-order chi connectivity index (χ0) is 29.9. The molecular formula is C31H34Cl2N2O5S. The van der Waals surface area contributed by atoms with Gasteiger partial charge in [0.1, 0.15) is 0 Å².